The molecule has 0 saturated heterocycles. The molecule has 0 amide bonds. The first kappa shape index (κ1) is 12.7. The molecule has 0 spiro atoms. The maximum Gasteiger partial charge on any atom is 0.0799 e. The highest BCUT2D eigenvalue weighted by Gasteiger charge is 2.12. The van der Waals surface area contributed by atoms with Crippen molar-refractivity contribution in [2.45, 2.75) is 18.9 Å². The molecule has 2 aromatic rings. The lowest BCUT2D eigenvalue weighted by molar-refractivity contribution is 0.168. The highest BCUT2D eigenvalue weighted by Crippen LogP contribution is 2.28. The average Bonchev–Trinajstić information content (AvgIpc) is 2.75. The second-order valence-electron chi connectivity index (χ2n) is 4.55. The minimum atomic E-state index is -0.458. The molecule has 1 aromatic heterocycles. The molecule has 2 heteroatoms. The van der Waals surface area contributed by atoms with Crippen molar-refractivity contribution in [3.63, 3.8) is 0 Å². The van der Waals surface area contributed by atoms with Gasteiger partial charge in [-0.15, -0.1) is 6.58 Å². The average molecular weight is 241 g/mol. The van der Waals surface area contributed by atoms with E-state index in [1.54, 1.807) is 6.08 Å². The van der Waals surface area contributed by atoms with Gasteiger partial charge in [-0.05, 0) is 47.6 Å². The zero-order valence-electron chi connectivity index (χ0n) is 10.8. The van der Waals surface area contributed by atoms with Crippen LogP contribution >= 0.6 is 0 Å². The quantitative estimate of drug-likeness (QED) is 0.791. The second kappa shape index (κ2) is 5.23. The van der Waals surface area contributed by atoms with E-state index in [2.05, 4.69) is 35.9 Å². The largest absolute Gasteiger partial charge is 0.388 e. The van der Waals surface area contributed by atoms with Crippen LogP contribution in [-0.4, -0.2) is 9.67 Å². The Bertz CT molecular complexity index is 580. The summed E-state index contributed by atoms with van der Waals surface area (Å²) in [5, 5.41) is 11.4. The Hall–Kier alpha value is -1.80. The monoisotopic (exact) mass is 241 g/mol. The Balaban J connectivity index is 2.48. The summed E-state index contributed by atoms with van der Waals surface area (Å²) in [5.41, 5.74) is 3.11. The summed E-state index contributed by atoms with van der Waals surface area (Å²) < 4.78 is 2.07. The first-order valence-corrected chi connectivity index (χ1v) is 6.17. The molecule has 2 rings (SSSR count). The molecule has 0 saturated carbocycles. The van der Waals surface area contributed by atoms with E-state index in [-0.39, 0.29) is 0 Å². The lowest BCUT2D eigenvalue weighted by atomic mass is 9.97. The summed E-state index contributed by atoms with van der Waals surface area (Å²) in [6.07, 6.45) is 6.71. The van der Waals surface area contributed by atoms with Gasteiger partial charge in [-0.3, -0.25) is 0 Å². The summed E-state index contributed by atoms with van der Waals surface area (Å²) >= 11 is 0. The van der Waals surface area contributed by atoms with Crippen LogP contribution in [0.1, 0.15) is 30.1 Å². The van der Waals surface area contributed by atoms with Crippen molar-refractivity contribution < 1.29 is 5.11 Å². The molecule has 2 nitrogen and oxygen atoms in total. The zero-order chi connectivity index (χ0) is 13.1. The van der Waals surface area contributed by atoms with Gasteiger partial charge < -0.3 is 9.67 Å². The Labute approximate surface area is 108 Å². The number of rotatable bonds is 5. The van der Waals surface area contributed by atoms with Crippen LogP contribution in [0.5, 0.6) is 0 Å². The van der Waals surface area contributed by atoms with Gasteiger partial charge in [-0.2, -0.15) is 0 Å². The van der Waals surface area contributed by atoms with Gasteiger partial charge in [-0.1, -0.05) is 18.7 Å². The predicted molar refractivity (Wildman–Crippen MR) is 77.4 cm³/mol. The first-order valence-electron chi connectivity index (χ1n) is 6.17. The minimum absolute atomic E-state index is 0.458. The fraction of sp³-hybridized carbons (Fsp3) is 0.250. The van der Waals surface area contributed by atoms with E-state index < -0.39 is 6.10 Å². The fourth-order valence-electron chi connectivity index (χ4n) is 2.25. The van der Waals surface area contributed by atoms with Crippen LogP contribution in [0.2, 0.25) is 0 Å². The normalized spacial score (nSPS) is 12.6. The number of aromatic nitrogens is 1. The highest BCUT2D eigenvalue weighted by atomic mass is 16.3. The maximum atomic E-state index is 10.2. The van der Waals surface area contributed by atoms with Gasteiger partial charge in [0.05, 0.1) is 6.10 Å². The third kappa shape index (κ3) is 2.24. The molecule has 0 aliphatic carbocycles. The number of hydrogen-bond acceptors (Lipinski definition) is 1. The van der Waals surface area contributed by atoms with Gasteiger partial charge in [0.1, 0.15) is 0 Å². The van der Waals surface area contributed by atoms with E-state index in [9.17, 15) is 5.11 Å². The highest BCUT2D eigenvalue weighted by molar-refractivity contribution is 5.84. The van der Waals surface area contributed by atoms with Crippen LogP contribution in [0.3, 0.4) is 0 Å². The molecule has 0 fully saturated rings. The number of allylic oxidation sites excluding steroid dienone is 1. The number of hydrogen-bond donors (Lipinski definition) is 1. The van der Waals surface area contributed by atoms with Crippen molar-refractivity contribution in [3.8, 4) is 0 Å². The topological polar surface area (TPSA) is 25.2 Å². The molecule has 1 unspecified atom stereocenters. The van der Waals surface area contributed by atoms with E-state index >= 15 is 0 Å². The van der Waals surface area contributed by atoms with Crippen molar-refractivity contribution in [1.82, 2.24) is 4.57 Å². The molecule has 1 aromatic carbocycles. The van der Waals surface area contributed by atoms with Gasteiger partial charge in [0.25, 0.3) is 0 Å². The summed E-state index contributed by atoms with van der Waals surface area (Å²) in [6, 6.07) is 6.20. The van der Waals surface area contributed by atoms with Gasteiger partial charge in [0.15, 0.2) is 0 Å². The van der Waals surface area contributed by atoms with E-state index in [4.69, 9.17) is 0 Å². The van der Waals surface area contributed by atoms with Crippen LogP contribution in [0, 0.1) is 0 Å². The SMILES string of the molecule is C=CCCC(O)c1cc2ccn(C)c2cc1C=C. The van der Waals surface area contributed by atoms with Crippen molar-refractivity contribution in [3.05, 3.63) is 54.8 Å². The molecule has 0 aliphatic rings. The number of aryl methyl sites for hydroxylation is 1. The van der Waals surface area contributed by atoms with E-state index in [1.165, 1.54) is 0 Å². The Kier molecular flexibility index (Phi) is 3.68. The van der Waals surface area contributed by atoms with Gasteiger partial charge in [0, 0.05) is 18.8 Å². The van der Waals surface area contributed by atoms with E-state index in [1.807, 2.05) is 19.3 Å². The minimum Gasteiger partial charge on any atom is -0.388 e. The fourth-order valence-corrected chi connectivity index (χ4v) is 2.25. The second-order valence-corrected chi connectivity index (χ2v) is 4.55. The van der Waals surface area contributed by atoms with Gasteiger partial charge in [0.2, 0.25) is 0 Å². The molecular weight excluding hydrogens is 222 g/mol. The molecule has 0 radical (unpaired) electrons. The molecular formula is C16H19NO. The van der Waals surface area contributed by atoms with Crippen LogP contribution in [0.15, 0.2) is 43.6 Å². The number of benzene rings is 1. The van der Waals surface area contributed by atoms with E-state index in [0.717, 1.165) is 28.5 Å². The Morgan fingerprint density at radius 2 is 2.17 bits per heavy atom. The van der Waals surface area contributed by atoms with Crippen molar-refractivity contribution >= 4 is 17.0 Å². The molecule has 1 atom stereocenters. The van der Waals surface area contributed by atoms with Crippen LogP contribution in [0.25, 0.3) is 17.0 Å². The summed E-state index contributed by atoms with van der Waals surface area (Å²) in [6.45, 7) is 7.52. The van der Waals surface area contributed by atoms with Crippen molar-refractivity contribution in [1.29, 1.82) is 0 Å². The third-order valence-corrected chi connectivity index (χ3v) is 3.31. The van der Waals surface area contributed by atoms with Crippen LogP contribution in [-0.2, 0) is 7.05 Å². The smallest absolute Gasteiger partial charge is 0.0799 e. The standard InChI is InChI=1S/C16H19NO/c1-4-6-7-16(18)14-10-13-8-9-17(3)15(13)11-12(14)5-2/h4-5,8-11,16,18H,1-2,6-7H2,3H3. The molecule has 1 N–H and O–H groups in total. The number of aliphatic hydroxyl groups is 1. The molecule has 18 heavy (non-hydrogen) atoms. The first-order chi connectivity index (χ1) is 8.67. The summed E-state index contributed by atoms with van der Waals surface area (Å²) in [4.78, 5) is 0. The maximum absolute atomic E-state index is 10.2. The van der Waals surface area contributed by atoms with Gasteiger partial charge >= 0.3 is 0 Å². The number of fused-ring (bicyclic) bond motifs is 1. The zero-order valence-corrected chi connectivity index (χ0v) is 10.8. The lowest BCUT2D eigenvalue weighted by Crippen LogP contribution is -2.00. The molecule has 1 heterocycles. The Morgan fingerprint density at radius 3 is 2.83 bits per heavy atom. The van der Waals surface area contributed by atoms with Crippen molar-refractivity contribution in [2.75, 3.05) is 0 Å². The lowest BCUT2D eigenvalue weighted by Gasteiger charge is -2.14. The molecule has 0 bridgehead atoms. The van der Waals surface area contributed by atoms with Crippen LogP contribution in [0.4, 0.5) is 0 Å². The predicted octanol–water partition coefficient (Wildman–Crippen LogP) is 3.82. The number of nitrogens with zero attached hydrogens (tertiary/aromatic N) is 1. The van der Waals surface area contributed by atoms with Crippen LogP contribution < -0.4 is 0 Å². The summed E-state index contributed by atoms with van der Waals surface area (Å²) in [5.74, 6) is 0. The molecule has 0 aliphatic heterocycles. The Morgan fingerprint density at radius 1 is 1.39 bits per heavy atom. The summed E-state index contributed by atoms with van der Waals surface area (Å²) in [7, 11) is 2.02. The third-order valence-electron chi connectivity index (χ3n) is 3.31. The van der Waals surface area contributed by atoms with Gasteiger partial charge in [-0.25, -0.2) is 0 Å². The molecule has 94 valence electrons. The van der Waals surface area contributed by atoms with Crippen molar-refractivity contribution in [2.24, 2.45) is 7.05 Å². The van der Waals surface area contributed by atoms with E-state index in [0.29, 0.717) is 6.42 Å². The number of aliphatic hydroxyl groups excluding tert-OH is 1.